The van der Waals surface area contributed by atoms with Gasteiger partial charge in [0.25, 0.3) is 5.69 Å². The fourth-order valence-corrected chi connectivity index (χ4v) is 2.49. The zero-order valence-electron chi connectivity index (χ0n) is 14.6. The Kier molecular flexibility index (Phi) is 5.30. The van der Waals surface area contributed by atoms with Gasteiger partial charge in [0.15, 0.2) is 5.69 Å². The summed E-state index contributed by atoms with van der Waals surface area (Å²) in [5.74, 6) is 1.09. The summed E-state index contributed by atoms with van der Waals surface area (Å²) < 4.78 is 5.63. The summed E-state index contributed by atoms with van der Waals surface area (Å²) in [5, 5.41) is 36.2. The molecule has 11 heteroatoms. The van der Waals surface area contributed by atoms with E-state index < -0.39 is 37.5 Å². The molecule has 0 aliphatic carbocycles. The second-order valence-electron chi connectivity index (χ2n) is 5.69. The lowest BCUT2D eigenvalue weighted by Gasteiger charge is -2.09. The van der Waals surface area contributed by atoms with Crippen molar-refractivity contribution >= 4 is 28.4 Å². The molecule has 0 aliphatic rings. The molecule has 0 aliphatic heterocycles. The average molecular weight is 396 g/mol. The molecular weight excluding hydrogens is 384 g/mol. The molecule has 0 saturated heterocycles. The number of non-ortho nitro benzene ring substituents is 1. The second kappa shape index (κ2) is 8.00. The largest absolute Gasteiger partial charge is 0.457 e. The predicted molar refractivity (Wildman–Crippen MR) is 103 cm³/mol. The van der Waals surface area contributed by atoms with Crippen molar-refractivity contribution < 1.29 is 19.5 Å². The van der Waals surface area contributed by atoms with Gasteiger partial charge < -0.3 is 10.1 Å². The summed E-state index contributed by atoms with van der Waals surface area (Å²) in [6.07, 6.45) is 0. The summed E-state index contributed by atoms with van der Waals surface area (Å²) in [7, 11) is 0. The number of ether oxygens (including phenoxy) is 1. The lowest BCUT2D eigenvalue weighted by atomic mass is 10.2. The van der Waals surface area contributed by atoms with E-state index >= 15 is 0 Å². The second-order valence-corrected chi connectivity index (χ2v) is 5.69. The Morgan fingerprint density at radius 1 is 0.690 bits per heavy atom. The Hall–Kier alpha value is -4.54. The van der Waals surface area contributed by atoms with Crippen LogP contribution in [-0.4, -0.2) is 14.8 Å². The molecule has 0 atom stereocenters. The van der Waals surface area contributed by atoms with Gasteiger partial charge in [0.05, 0.1) is 26.9 Å². The molecule has 0 spiro atoms. The van der Waals surface area contributed by atoms with E-state index in [1.54, 1.807) is 36.4 Å². The third kappa shape index (κ3) is 4.42. The minimum absolute atomic E-state index is 0.297. The van der Waals surface area contributed by atoms with E-state index in [2.05, 4.69) is 5.32 Å². The van der Waals surface area contributed by atoms with Crippen LogP contribution >= 0.6 is 0 Å². The highest BCUT2D eigenvalue weighted by atomic mass is 16.6. The zero-order valence-corrected chi connectivity index (χ0v) is 14.6. The summed E-state index contributed by atoms with van der Waals surface area (Å²) in [6, 6.07) is 16.5. The molecule has 146 valence electrons. The van der Waals surface area contributed by atoms with Crippen LogP contribution in [0.25, 0.3) is 0 Å². The van der Waals surface area contributed by atoms with Crippen molar-refractivity contribution in [2.75, 3.05) is 5.32 Å². The minimum Gasteiger partial charge on any atom is -0.457 e. The molecule has 0 radical (unpaired) electrons. The quantitative estimate of drug-likeness (QED) is 0.435. The van der Waals surface area contributed by atoms with E-state index in [0.717, 1.165) is 0 Å². The first-order valence-electron chi connectivity index (χ1n) is 8.06. The number of nitro groups is 3. The van der Waals surface area contributed by atoms with E-state index in [1.165, 1.54) is 12.1 Å². The maximum atomic E-state index is 11.3. The fourth-order valence-electron chi connectivity index (χ4n) is 2.49. The molecule has 3 aromatic carbocycles. The van der Waals surface area contributed by atoms with Crippen molar-refractivity contribution in [1.29, 1.82) is 0 Å². The third-order valence-electron chi connectivity index (χ3n) is 3.79. The van der Waals surface area contributed by atoms with E-state index in [0.29, 0.717) is 29.3 Å². The Morgan fingerprint density at radius 2 is 1.21 bits per heavy atom. The zero-order chi connectivity index (χ0) is 21.0. The van der Waals surface area contributed by atoms with Crippen molar-refractivity contribution in [2.45, 2.75) is 0 Å². The van der Waals surface area contributed by atoms with Crippen molar-refractivity contribution in [3.8, 4) is 11.5 Å². The van der Waals surface area contributed by atoms with Gasteiger partial charge in [-0.05, 0) is 36.4 Å². The molecule has 0 heterocycles. The van der Waals surface area contributed by atoms with Gasteiger partial charge in [-0.3, -0.25) is 30.3 Å². The normalized spacial score (nSPS) is 10.2. The summed E-state index contributed by atoms with van der Waals surface area (Å²) in [6.45, 7) is 0. The van der Waals surface area contributed by atoms with Gasteiger partial charge in [-0.15, -0.1) is 0 Å². The van der Waals surface area contributed by atoms with Crippen LogP contribution < -0.4 is 10.1 Å². The highest BCUT2D eigenvalue weighted by molar-refractivity contribution is 5.81. The van der Waals surface area contributed by atoms with Crippen molar-refractivity contribution in [3.05, 3.63) is 97.1 Å². The van der Waals surface area contributed by atoms with Crippen molar-refractivity contribution in [3.63, 3.8) is 0 Å². The first-order valence-corrected chi connectivity index (χ1v) is 8.06. The highest BCUT2D eigenvalue weighted by Gasteiger charge is 2.30. The molecule has 0 aromatic heterocycles. The maximum absolute atomic E-state index is 11.3. The topological polar surface area (TPSA) is 151 Å². The number of anilines is 2. The van der Waals surface area contributed by atoms with E-state index in [1.807, 2.05) is 6.07 Å². The van der Waals surface area contributed by atoms with Crippen LogP contribution in [0.3, 0.4) is 0 Å². The lowest BCUT2D eigenvalue weighted by molar-refractivity contribution is -0.401. The monoisotopic (exact) mass is 396 g/mol. The van der Waals surface area contributed by atoms with Crippen LogP contribution in [0.5, 0.6) is 11.5 Å². The Balaban J connectivity index is 1.93. The lowest BCUT2D eigenvalue weighted by Crippen LogP contribution is -2.03. The predicted octanol–water partition coefficient (Wildman–Crippen LogP) is 4.95. The first-order chi connectivity index (χ1) is 13.8. The SMILES string of the molecule is O=[N+]([O-])c1cc([N+](=O)[O-])c(Nc2ccc(Oc3ccccc3)cc2)c([N+](=O)[O-])c1. The molecule has 0 saturated carbocycles. The number of nitrogens with one attached hydrogen (secondary N) is 1. The third-order valence-corrected chi connectivity index (χ3v) is 3.79. The minimum atomic E-state index is -0.931. The van der Waals surface area contributed by atoms with Gasteiger partial charge >= 0.3 is 11.4 Å². The average Bonchev–Trinajstić information content (AvgIpc) is 2.69. The van der Waals surface area contributed by atoms with E-state index in [9.17, 15) is 30.3 Å². The molecule has 3 rings (SSSR count). The van der Waals surface area contributed by atoms with Crippen LogP contribution in [0, 0.1) is 30.3 Å². The van der Waals surface area contributed by atoms with Gasteiger partial charge in [-0.2, -0.15) is 0 Å². The Morgan fingerprint density at radius 3 is 1.69 bits per heavy atom. The van der Waals surface area contributed by atoms with Gasteiger partial charge in [-0.25, -0.2) is 0 Å². The number of benzene rings is 3. The summed E-state index contributed by atoms with van der Waals surface area (Å²) in [5.41, 5.74) is -2.47. The standard InChI is InChI=1S/C18H12N4O7/c23-20(24)13-10-16(21(25)26)18(17(11-13)22(27)28)19-12-6-8-15(9-7-12)29-14-4-2-1-3-5-14/h1-11,19H. The number of hydrogen-bond donors (Lipinski definition) is 1. The smallest absolute Gasteiger partial charge is 0.306 e. The molecule has 1 N–H and O–H groups in total. The van der Waals surface area contributed by atoms with Gasteiger partial charge in [0.2, 0.25) is 0 Å². The molecule has 0 fully saturated rings. The molecule has 0 amide bonds. The summed E-state index contributed by atoms with van der Waals surface area (Å²) in [4.78, 5) is 30.8. The molecule has 0 bridgehead atoms. The molecule has 11 nitrogen and oxygen atoms in total. The molecular formula is C18H12N4O7. The van der Waals surface area contributed by atoms with Gasteiger partial charge in [0, 0.05) is 5.69 Å². The summed E-state index contributed by atoms with van der Waals surface area (Å²) >= 11 is 0. The maximum Gasteiger partial charge on any atom is 0.306 e. The van der Waals surface area contributed by atoms with Crippen molar-refractivity contribution in [1.82, 2.24) is 0 Å². The van der Waals surface area contributed by atoms with E-state index in [4.69, 9.17) is 4.74 Å². The van der Waals surface area contributed by atoms with Crippen LogP contribution in [0.1, 0.15) is 0 Å². The van der Waals surface area contributed by atoms with Crippen LogP contribution in [-0.2, 0) is 0 Å². The number of nitro benzene ring substituents is 3. The Labute approximate surface area is 162 Å². The van der Waals surface area contributed by atoms with Crippen molar-refractivity contribution in [2.24, 2.45) is 0 Å². The molecule has 0 unspecified atom stereocenters. The number of para-hydroxylation sites is 1. The molecule has 29 heavy (non-hydrogen) atoms. The molecule has 3 aromatic rings. The van der Waals surface area contributed by atoms with Crippen LogP contribution in [0.4, 0.5) is 28.4 Å². The fraction of sp³-hybridized carbons (Fsp3) is 0. The Bertz CT molecular complexity index is 1050. The number of hydrogen-bond acceptors (Lipinski definition) is 8. The van der Waals surface area contributed by atoms with Gasteiger partial charge in [-0.1, -0.05) is 18.2 Å². The van der Waals surface area contributed by atoms with Gasteiger partial charge in [0.1, 0.15) is 11.5 Å². The number of nitrogens with zero attached hydrogens (tertiary/aromatic N) is 3. The van der Waals surface area contributed by atoms with Crippen LogP contribution in [0.2, 0.25) is 0 Å². The highest BCUT2D eigenvalue weighted by Crippen LogP contribution is 2.40. The van der Waals surface area contributed by atoms with Crippen LogP contribution in [0.15, 0.2) is 66.7 Å². The first kappa shape index (κ1) is 19.2. The number of rotatable bonds is 7. The van der Waals surface area contributed by atoms with E-state index in [-0.39, 0.29) is 0 Å².